The second-order valence-electron chi connectivity index (χ2n) is 7.68. The highest BCUT2D eigenvalue weighted by atomic mass is 19.1. The number of likely N-dealkylation sites (tertiary alicyclic amines) is 1. The summed E-state index contributed by atoms with van der Waals surface area (Å²) in [6.45, 7) is 2.28. The molecule has 4 rings (SSSR count). The zero-order valence-electron chi connectivity index (χ0n) is 15.8. The van der Waals surface area contributed by atoms with Crippen LogP contribution in [0.5, 0.6) is 17.2 Å². The number of methoxy groups -OCH3 is 1. The molecule has 0 bridgehead atoms. The first-order valence-electron chi connectivity index (χ1n) is 9.58. The molecule has 1 aromatic carbocycles. The van der Waals surface area contributed by atoms with Gasteiger partial charge in [-0.3, -0.25) is 9.88 Å². The van der Waals surface area contributed by atoms with Crippen molar-refractivity contribution in [2.24, 2.45) is 11.8 Å². The van der Waals surface area contributed by atoms with E-state index in [1.165, 1.54) is 25.4 Å². The maximum absolute atomic E-state index is 14.1. The molecule has 1 aromatic heterocycles. The van der Waals surface area contributed by atoms with Crippen molar-refractivity contribution in [3.8, 4) is 17.2 Å². The lowest BCUT2D eigenvalue weighted by Gasteiger charge is -2.22. The van der Waals surface area contributed by atoms with Crippen LogP contribution < -0.4 is 9.47 Å². The van der Waals surface area contributed by atoms with Gasteiger partial charge in [-0.25, -0.2) is 4.39 Å². The molecule has 0 amide bonds. The zero-order chi connectivity index (χ0) is 19.7. The molecule has 2 heterocycles. The third-order valence-corrected chi connectivity index (χ3v) is 5.76. The van der Waals surface area contributed by atoms with E-state index in [1.807, 2.05) is 0 Å². The lowest BCUT2D eigenvalue weighted by atomic mass is 10.0. The molecule has 6 nitrogen and oxygen atoms in total. The molecule has 1 unspecified atom stereocenters. The maximum Gasteiger partial charge on any atom is 0.197 e. The van der Waals surface area contributed by atoms with Crippen molar-refractivity contribution in [1.29, 1.82) is 0 Å². The molecule has 1 aliphatic heterocycles. The van der Waals surface area contributed by atoms with Crippen molar-refractivity contribution < 1.29 is 24.1 Å². The second kappa shape index (κ2) is 7.93. The molecule has 0 radical (unpaired) electrons. The predicted octanol–water partition coefficient (Wildman–Crippen LogP) is 2.76. The van der Waals surface area contributed by atoms with Gasteiger partial charge in [0, 0.05) is 19.6 Å². The van der Waals surface area contributed by atoms with Crippen molar-refractivity contribution in [1.82, 2.24) is 9.88 Å². The van der Waals surface area contributed by atoms with Crippen LogP contribution in [-0.2, 0) is 0 Å². The van der Waals surface area contributed by atoms with Gasteiger partial charge in [-0.15, -0.1) is 0 Å². The van der Waals surface area contributed by atoms with Crippen molar-refractivity contribution in [2.45, 2.75) is 25.0 Å². The first kappa shape index (κ1) is 19.0. The predicted molar refractivity (Wildman–Crippen MR) is 101 cm³/mol. The molecule has 2 aromatic rings. The van der Waals surface area contributed by atoms with Crippen LogP contribution in [0, 0.1) is 17.7 Å². The van der Waals surface area contributed by atoms with Crippen molar-refractivity contribution >= 4 is 0 Å². The number of aromatic nitrogens is 1. The number of fused-ring (bicyclic) bond motifs is 1. The summed E-state index contributed by atoms with van der Waals surface area (Å²) in [6, 6.07) is 7.87. The van der Waals surface area contributed by atoms with Crippen LogP contribution >= 0.6 is 0 Å². The molecule has 2 aliphatic rings. The van der Waals surface area contributed by atoms with E-state index in [0.29, 0.717) is 29.8 Å². The number of nitrogens with zero attached hydrogens (tertiary/aromatic N) is 2. The van der Waals surface area contributed by atoms with E-state index in [0.717, 1.165) is 25.9 Å². The van der Waals surface area contributed by atoms with E-state index in [2.05, 4.69) is 9.88 Å². The minimum atomic E-state index is -0.686. The lowest BCUT2D eigenvalue weighted by molar-refractivity contribution is 0.112. The molecule has 1 aliphatic carbocycles. The third-order valence-electron chi connectivity index (χ3n) is 5.76. The van der Waals surface area contributed by atoms with Gasteiger partial charge in [-0.2, -0.15) is 0 Å². The summed E-state index contributed by atoms with van der Waals surface area (Å²) in [5.41, 5.74) is 0.558. The van der Waals surface area contributed by atoms with E-state index < -0.39 is 11.9 Å². The van der Waals surface area contributed by atoms with Crippen molar-refractivity contribution in [3.05, 3.63) is 48.0 Å². The van der Waals surface area contributed by atoms with Crippen LogP contribution in [0.3, 0.4) is 0 Å². The molecule has 7 heteroatoms. The summed E-state index contributed by atoms with van der Waals surface area (Å²) in [7, 11) is 1.51. The molecule has 150 valence electrons. The van der Waals surface area contributed by atoms with E-state index in [9.17, 15) is 14.6 Å². The molecule has 4 atom stereocenters. The highest BCUT2D eigenvalue weighted by molar-refractivity contribution is 5.41. The maximum atomic E-state index is 14.1. The monoisotopic (exact) mass is 388 g/mol. The SMILES string of the molecule is COc1cccc(F)c1O[C@H]1C[C@@H]2CN(CC(O)c3ccc(O)cn3)C[C@@H]2C1. The normalized spacial score (nSPS) is 25.5. The van der Waals surface area contributed by atoms with Crippen LogP contribution in [0.25, 0.3) is 0 Å². The largest absolute Gasteiger partial charge is 0.506 e. The van der Waals surface area contributed by atoms with Crippen molar-refractivity contribution in [2.75, 3.05) is 26.7 Å². The van der Waals surface area contributed by atoms with Crippen LogP contribution in [0.2, 0.25) is 0 Å². The fraction of sp³-hybridized carbons (Fsp3) is 0.476. The van der Waals surface area contributed by atoms with Crippen LogP contribution in [0.1, 0.15) is 24.6 Å². The first-order valence-corrected chi connectivity index (χ1v) is 9.58. The summed E-state index contributed by atoms with van der Waals surface area (Å²) in [5, 5.41) is 19.7. The fourth-order valence-corrected chi connectivity index (χ4v) is 4.45. The highest BCUT2D eigenvalue weighted by Gasteiger charge is 2.42. The molecule has 2 fully saturated rings. The van der Waals surface area contributed by atoms with Crippen LogP contribution in [0.4, 0.5) is 4.39 Å². The Morgan fingerprint density at radius 2 is 1.96 bits per heavy atom. The van der Waals surface area contributed by atoms with E-state index >= 15 is 0 Å². The molecule has 2 N–H and O–H groups in total. The molecule has 1 saturated heterocycles. The number of rotatable bonds is 6. The number of pyridine rings is 1. The molecule has 1 saturated carbocycles. The highest BCUT2D eigenvalue weighted by Crippen LogP contribution is 2.42. The van der Waals surface area contributed by atoms with Crippen molar-refractivity contribution in [3.63, 3.8) is 0 Å². The van der Waals surface area contributed by atoms with Gasteiger partial charge in [0.05, 0.1) is 25.1 Å². The van der Waals surface area contributed by atoms with E-state index in [-0.39, 0.29) is 17.6 Å². The minimum absolute atomic E-state index is 0.0216. The summed E-state index contributed by atoms with van der Waals surface area (Å²) < 4.78 is 25.3. The number of β-amino-alcohol motifs (C(OH)–C–C–N with tert-alkyl or cyclic N) is 1. The number of aromatic hydroxyl groups is 1. The Bertz CT molecular complexity index is 803. The van der Waals surface area contributed by atoms with Gasteiger partial charge >= 0.3 is 0 Å². The average molecular weight is 388 g/mol. The Hall–Kier alpha value is -2.38. The lowest BCUT2D eigenvalue weighted by Crippen LogP contribution is -2.29. The first-order chi connectivity index (χ1) is 13.5. The van der Waals surface area contributed by atoms with Gasteiger partial charge in [0.1, 0.15) is 11.9 Å². The number of aliphatic hydroxyl groups excluding tert-OH is 1. The van der Waals surface area contributed by atoms with Crippen LogP contribution in [0.15, 0.2) is 36.5 Å². The zero-order valence-corrected chi connectivity index (χ0v) is 15.8. The van der Waals surface area contributed by atoms with Gasteiger partial charge in [0.2, 0.25) is 0 Å². The Morgan fingerprint density at radius 1 is 1.21 bits per heavy atom. The number of hydrogen-bond donors (Lipinski definition) is 2. The molecular weight excluding hydrogens is 363 g/mol. The van der Waals surface area contributed by atoms with Gasteiger partial charge in [-0.05, 0) is 48.9 Å². The van der Waals surface area contributed by atoms with Gasteiger partial charge in [-0.1, -0.05) is 6.07 Å². The Kier molecular flexibility index (Phi) is 5.37. The van der Waals surface area contributed by atoms with Gasteiger partial charge in [0.15, 0.2) is 17.3 Å². The molecule has 28 heavy (non-hydrogen) atoms. The number of para-hydroxylation sites is 1. The second-order valence-corrected chi connectivity index (χ2v) is 7.68. The number of benzene rings is 1. The Morgan fingerprint density at radius 3 is 2.61 bits per heavy atom. The summed E-state index contributed by atoms with van der Waals surface area (Å²) in [5.74, 6) is 1.25. The molecule has 0 spiro atoms. The van der Waals surface area contributed by atoms with Crippen LogP contribution in [-0.4, -0.2) is 52.9 Å². The standard InChI is InChI=1S/C21H25FN2O4/c1-27-20-4-2-3-17(22)21(20)28-16-7-13-10-24(11-14(13)8-16)12-19(26)18-6-5-15(25)9-23-18/h2-6,9,13-14,16,19,25-26H,7-8,10-12H2,1H3/t13-,14+,16+,19?. The van der Waals surface area contributed by atoms with E-state index in [4.69, 9.17) is 9.47 Å². The smallest absolute Gasteiger partial charge is 0.197 e. The number of aliphatic hydroxyl groups is 1. The average Bonchev–Trinajstić information content (AvgIpc) is 3.21. The summed E-state index contributed by atoms with van der Waals surface area (Å²) in [6.07, 6.45) is 2.37. The Balaban J connectivity index is 1.32. The topological polar surface area (TPSA) is 75.1 Å². The number of halogens is 1. The number of hydrogen-bond acceptors (Lipinski definition) is 6. The third kappa shape index (κ3) is 3.91. The summed E-state index contributed by atoms with van der Waals surface area (Å²) in [4.78, 5) is 6.33. The van der Waals surface area contributed by atoms with Gasteiger partial charge in [0.25, 0.3) is 0 Å². The quantitative estimate of drug-likeness (QED) is 0.793. The summed E-state index contributed by atoms with van der Waals surface area (Å²) >= 11 is 0. The fourth-order valence-electron chi connectivity index (χ4n) is 4.45. The van der Waals surface area contributed by atoms with Gasteiger partial charge < -0.3 is 19.7 Å². The minimum Gasteiger partial charge on any atom is -0.506 e. The number of ether oxygens (including phenoxy) is 2. The van der Waals surface area contributed by atoms with E-state index in [1.54, 1.807) is 18.2 Å². The molecular formula is C21H25FN2O4. The Labute approximate surface area is 163 Å².